The molecule has 0 radical (unpaired) electrons. The zero-order valence-corrected chi connectivity index (χ0v) is 15.7. The number of benzene rings is 1. The number of rotatable bonds is 2. The predicted molar refractivity (Wildman–Crippen MR) is 99.2 cm³/mol. The van der Waals surface area contributed by atoms with Crippen LogP contribution in [0.4, 0.5) is 11.6 Å². The fourth-order valence-corrected chi connectivity index (χ4v) is 3.71. The van der Waals surface area contributed by atoms with Crippen molar-refractivity contribution in [2.75, 3.05) is 9.91 Å². The Morgan fingerprint density at radius 1 is 1.32 bits per heavy atom. The smallest absolute Gasteiger partial charge is 0.290 e. The molecule has 1 N–H and O–H groups in total. The molecule has 28 heavy (non-hydrogen) atoms. The molecule has 4 heterocycles. The van der Waals surface area contributed by atoms with Crippen LogP contribution in [0.25, 0.3) is 0 Å². The van der Waals surface area contributed by atoms with Gasteiger partial charge in [-0.3, -0.25) is 4.90 Å². The number of nitrogens with zero attached hydrogens (tertiary/aromatic N) is 8. The van der Waals surface area contributed by atoms with Crippen LogP contribution >= 0.6 is 11.6 Å². The fourth-order valence-electron chi connectivity index (χ4n) is 3.41. The largest absolute Gasteiger partial charge is 0.381 e. The fraction of sp³-hybridized carbons (Fsp3) is 0.294. The van der Waals surface area contributed by atoms with Crippen molar-refractivity contribution in [3.63, 3.8) is 0 Å². The van der Waals surface area contributed by atoms with Crippen molar-refractivity contribution < 1.29 is 9.63 Å². The third-order valence-corrected chi connectivity index (χ3v) is 5.10. The number of hydrogen-bond acceptors (Lipinski definition) is 10. The molecule has 0 amide bonds. The van der Waals surface area contributed by atoms with Gasteiger partial charge in [0, 0.05) is 5.56 Å². The van der Waals surface area contributed by atoms with Crippen LogP contribution in [0, 0.1) is 11.5 Å². The van der Waals surface area contributed by atoms with E-state index in [9.17, 15) is 10.4 Å². The molecule has 0 aliphatic carbocycles. The van der Waals surface area contributed by atoms with Gasteiger partial charge in [-0.05, 0) is 25.1 Å². The number of nitriles is 1. The summed E-state index contributed by atoms with van der Waals surface area (Å²) >= 11 is 6.54. The Morgan fingerprint density at radius 3 is 2.82 bits per heavy atom. The molecule has 3 aliphatic rings. The van der Waals surface area contributed by atoms with Gasteiger partial charge in [-0.25, -0.2) is 19.9 Å². The highest BCUT2D eigenvalue weighted by molar-refractivity contribution is 6.22. The van der Waals surface area contributed by atoms with Gasteiger partial charge in [-0.15, -0.1) is 0 Å². The van der Waals surface area contributed by atoms with Crippen molar-refractivity contribution in [1.29, 1.82) is 5.26 Å². The maximum atomic E-state index is 10.1. The lowest BCUT2D eigenvalue weighted by molar-refractivity contribution is 0.0420. The quantitative estimate of drug-likeness (QED) is 0.461. The second-order valence-corrected chi connectivity index (χ2v) is 7.41. The van der Waals surface area contributed by atoms with Crippen LogP contribution in [-0.4, -0.2) is 37.1 Å². The van der Waals surface area contributed by atoms with E-state index < -0.39 is 11.2 Å². The number of fused-ring (bicyclic) bond motifs is 6. The molecule has 0 saturated heterocycles. The van der Waals surface area contributed by atoms with Gasteiger partial charge in [0.2, 0.25) is 0 Å². The molecule has 3 aliphatic heterocycles. The number of aromatic nitrogens is 2. The van der Waals surface area contributed by atoms with Gasteiger partial charge in [0.05, 0.1) is 11.9 Å². The van der Waals surface area contributed by atoms with E-state index in [1.54, 1.807) is 31.4 Å². The molecule has 2 aromatic rings. The Balaban J connectivity index is 1.62. The number of hydrogen-bond donors (Lipinski definition) is 1. The van der Waals surface area contributed by atoms with Crippen LogP contribution in [0.2, 0.25) is 0 Å². The third-order valence-electron chi connectivity index (χ3n) is 4.69. The monoisotopic (exact) mass is 398 g/mol. The van der Waals surface area contributed by atoms with Crippen molar-refractivity contribution in [1.82, 2.24) is 20.0 Å². The highest BCUT2D eigenvalue weighted by Crippen LogP contribution is 2.48. The van der Waals surface area contributed by atoms with Crippen molar-refractivity contribution >= 4 is 29.6 Å². The van der Waals surface area contributed by atoms with E-state index in [0.29, 0.717) is 5.82 Å². The van der Waals surface area contributed by atoms with E-state index in [0.717, 1.165) is 11.3 Å². The highest BCUT2D eigenvalue weighted by Gasteiger charge is 2.48. The first-order valence-corrected chi connectivity index (χ1v) is 8.94. The van der Waals surface area contributed by atoms with Gasteiger partial charge < -0.3 is 9.63 Å². The molecule has 0 spiro atoms. The van der Waals surface area contributed by atoms with Gasteiger partial charge in [-0.1, -0.05) is 29.8 Å². The van der Waals surface area contributed by atoms with Gasteiger partial charge in [0.1, 0.15) is 11.9 Å². The number of aliphatic hydroxyl groups is 1. The topological polar surface area (TPSA) is 108 Å². The average molecular weight is 399 g/mol. The second-order valence-electron chi connectivity index (χ2n) is 7.02. The number of para-hydroxylation sites is 1. The minimum Gasteiger partial charge on any atom is -0.381 e. The maximum absolute atomic E-state index is 10.1. The van der Waals surface area contributed by atoms with Crippen molar-refractivity contribution in [2.24, 2.45) is 4.99 Å². The first kappa shape index (κ1) is 16.9. The lowest BCUT2D eigenvalue weighted by atomic mass is 10.1. The Kier molecular flexibility index (Phi) is 3.37. The molecule has 11 heteroatoms. The van der Waals surface area contributed by atoms with Gasteiger partial charge in [0.15, 0.2) is 23.8 Å². The molecule has 2 unspecified atom stereocenters. The van der Waals surface area contributed by atoms with E-state index in [4.69, 9.17) is 16.1 Å². The Bertz CT molecular complexity index is 1050. The van der Waals surface area contributed by atoms with Crippen LogP contribution in [0.1, 0.15) is 31.5 Å². The molecule has 0 bridgehead atoms. The number of alkyl halides is 1. The van der Waals surface area contributed by atoms with E-state index in [-0.39, 0.29) is 18.0 Å². The number of halogens is 1. The average Bonchev–Trinajstić information content (AvgIpc) is 3.37. The molecule has 142 valence electrons. The molecule has 1 aromatic heterocycles. The zero-order valence-electron chi connectivity index (χ0n) is 14.9. The Hall–Kier alpha value is -3.29. The van der Waals surface area contributed by atoms with Crippen LogP contribution in [0.5, 0.6) is 0 Å². The summed E-state index contributed by atoms with van der Waals surface area (Å²) in [6.07, 6.45) is 4.94. The summed E-state index contributed by atoms with van der Waals surface area (Å²) < 4.78 is 5.20. The summed E-state index contributed by atoms with van der Waals surface area (Å²) in [4.78, 5) is 12.1. The lowest BCUT2D eigenvalue weighted by Crippen LogP contribution is -2.48. The number of hydrazine groups is 1. The summed E-state index contributed by atoms with van der Waals surface area (Å²) in [5, 5.41) is 27.0. The van der Waals surface area contributed by atoms with Crippen molar-refractivity contribution in [2.45, 2.75) is 31.2 Å². The summed E-state index contributed by atoms with van der Waals surface area (Å²) in [5.74, 6) is 0.949. The van der Waals surface area contributed by atoms with E-state index in [2.05, 4.69) is 21.3 Å². The first-order valence-electron chi connectivity index (χ1n) is 8.50. The van der Waals surface area contributed by atoms with Gasteiger partial charge in [-0.2, -0.15) is 10.2 Å². The maximum Gasteiger partial charge on any atom is 0.290 e. The van der Waals surface area contributed by atoms with Crippen molar-refractivity contribution in [3.8, 4) is 6.19 Å². The molecule has 0 saturated carbocycles. The summed E-state index contributed by atoms with van der Waals surface area (Å²) in [6, 6.07) is 7.74. The first-order chi connectivity index (χ1) is 13.4. The Labute approximate surface area is 165 Å². The molecule has 0 fully saturated rings. The minimum absolute atomic E-state index is 0.0860. The highest BCUT2D eigenvalue weighted by atomic mass is 35.5. The van der Waals surface area contributed by atoms with Crippen LogP contribution < -0.4 is 9.91 Å². The van der Waals surface area contributed by atoms with E-state index in [1.165, 1.54) is 4.90 Å². The van der Waals surface area contributed by atoms with Crippen LogP contribution in [-0.2, 0) is 5.60 Å². The van der Waals surface area contributed by atoms with Crippen LogP contribution in [0.15, 0.2) is 45.8 Å². The summed E-state index contributed by atoms with van der Waals surface area (Å²) in [5.41, 5.74) is -0.179. The minimum atomic E-state index is -1.27. The van der Waals surface area contributed by atoms with E-state index in [1.807, 2.05) is 34.2 Å². The lowest BCUT2D eigenvalue weighted by Gasteiger charge is -2.42. The number of aliphatic imine (C=N–C) groups is 1. The molecular formula is C17H15ClN8O2. The van der Waals surface area contributed by atoms with E-state index >= 15 is 0 Å². The predicted octanol–water partition coefficient (Wildman–Crippen LogP) is 2.00. The second kappa shape index (κ2) is 5.60. The molecule has 5 rings (SSSR count). The van der Waals surface area contributed by atoms with Gasteiger partial charge >= 0.3 is 0 Å². The number of anilines is 2. The zero-order chi connectivity index (χ0) is 19.6. The standard InChI is InChI=1S/C17H15ClN8O2/c1-17(2,27)14-21-16(22-28-14)24-9-20-13-10-5-3-4-6-11(10)25-12(26(13)24)7-23(8-19)15(25)18/h3-7,9,13,15,27H,1-2H3. The molecule has 10 nitrogen and oxygen atoms in total. The Morgan fingerprint density at radius 2 is 2.11 bits per heavy atom. The summed E-state index contributed by atoms with van der Waals surface area (Å²) in [7, 11) is 0. The molecule has 2 atom stereocenters. The van der Waals surface area contributed by atoms with Crippen molar-refractivity contribution in [3.05, 3.63) is 47.7 Å². The third kappa shape index (κ3) is 2.20. The van der Waals surface area contributed by atoms with Gasteiger partial charge in [0.25, 0.3) is 11.8 Å². The SMILES string of the molecule is CC(C)(O)c1nc(N2C=NC3c4ccccc4N4C(=CN(C#N)C4Cl)N32)no1. The van der Waals surface area contributed by atoms with Crippen LogP contribution in [0.3, 0.4) is 0 Å². The summed E-state index contributed by atoms with van der Waals surface area (Å²) in [6.45, 7) is 3.12. The normalized spacial score (nSPS) is 22.8. The molecular weight excluding hydrogens is 384 g/mol. The molecule has 1 aromatic carbocycles.